The molecule has 2 atom stereocenters. The molecular weight excluding hydrogens is 280 g/mol. The second-order valence-electron chi connectivity index (χ2n) is 7.08. The lowest BCUT2D eigenvalue weighted by Crippen LogP contribution is -2.40. The van der Waals surface area contributed by atoms with Crippen LogP contribution in [0.4, 0.5) is 0 Å². The van der Waals surface area contributed by atoms with Gasteiger partial charge >= 0.3 is 0 Å². The molecule has 2 aliphatic rings. The van der Waals surface area contributed by atoms with Crippen LogP contribution in [0.5, 0.6) is 0 Å². The quantitative estimate of drug-likeness (QED) is 0.920. The smallest absolute Gasteiger partial charge is 0.241 e. The fourth-order valence-corrected chi connectivity index (χ4v) is 4.70. The molecule has 0 aromatic carbocycles. The van der Waals surface area contributed by atoms with Gasteiger partial charge in [0.1, 0.15) is 6.17 Å². The highest BCUT2D eigenvalue weighted by atomic mass is 32.1. The summed E-state index contributed by atoms with van der Waals surface area (Å²) in [5.41, 5.74) is 0.296. The lowest BCUT2D eigenvalue weighted by Gasteiger charge is -2.38. The Morgan fingerprint density at radius 1 is 1.33 bits per heavy atom. The van der Waals surface area contributed by atoms with Gasteiger partial charge in [-0.1, -0.05) is 26.2 Å². The van der Waals surface area contributed by atoms with Gasteiger partial charge in [-0.3, -0.25) is 10.1 Å². The normalized spacial score (nSPS) is 29.1. The predicted octanol–water partition coefficient (Wildman–Crippen LogP) is 3.85. The number of hydrogen-bond acceptors (Lipinski definition) is 3. The van der Waals surface area contributed by atoms with E-state index < -0.39 is 0 Å². The Balaban J connectivity index is 1.81. The van der Waals surface area contributed by atoms with E-state index in [1.54, 1.807) is 11.3 Å². The summed E-state index contributed by atoms with van der Waals surface area (Å²) in [5, 5.41) is 3.48. The second kappa shape index (κ2) is 5.73. The minimum Gasteiger partial charge on any atom is -0.320 e. The van der Waals surface area contributed by atoms with Crippen molar-refractivity contribution in [3.8, 4) is 0 Å². The van der Waals surface area contributed by atoms with Crippen LogP contribution in [0, 0.1) is 12.3 Å². The van der Waals surface area contributed by atoms with Crippen molar-refractivity contribution in [2.45, 2.75) is 65.1 Å². The topological polar surface area (TPSA) is 32.3 Å². The molecule has 1 aliphatic heterocycles. The number of thiophene rings is 1. The zero-order valence-corrected chi connectivity index (χ0v) is 14.1. The third-order valence-electron chi connectivity index (χ3n) is 5.02. The highest BCUT2D eigenvalue weighted by Gasteiger charge is 2.41. The lowest BCUT2D eigenvalue weighted by atomic mass is 9.75. The zero-order chi connectivity index (χ0) is 15.0. The average Bonchev–Trinajstić information content (AvgIpc) is 2.98. The largest absolute Gasteiger partial charge is 0.320 e. The van der Waals surface area contributed by atoms with Crippen LogP contribution in [-0.2, 0) is 4.79 Å². The summed E-state index contributed by atoms with van der Waals surface area (Å²) in [7, 11) is 0. The fraction of sp³-hybridized carbons (Fsp3) is 0.706. The number of rotatable bonds is 3. The first-order chi connectivity index (χ1) is 9.98. The SMILES string of the molecule is Cc1ccc(C2NC(C)C(=O)N2CC2(C)CCCCC2)s1. The van der Waals surface area contributed by atoms with Gasteiger partial charge in [0.2, 0.25) is 5.91 Å². The summed E-state index contributed by atoms with van der Waals surface area (Å²) >= 11 is 1.80. The van der Waals surface area contributed by atoms with Gasteiger partial charge in [-0.15, -0.1) is 11.3 Å². The van der Waals surface area contributed by atoms with E-state index in [-0.39, 0.29) is 18.1 Å². The van der Waals surface area contributed by atoms with E-state index >= 15 is 0 Å². The average molecular weight is 306 g/mol. The molecule has 2 unspecified atom stereocenters. The Hall–Kier alpha value is -0.870. The third kappa shape index (κ3) is 3.02. The maximum Gasteiger partial charge on any atom is 0.241 e. The van der Waals surface area contributed by atoms with Crippen LogP contribution in [0.2, 0.25) is 0 Å². The molecule has 0 spiro atoms. The molecule has 0 radical (unpaired) electrons. The van der Waals surface area contributed by atoms with Crippen molar-refractivity contribution in [1.29, 1.82) is 0 Å². The molecule has 2 heterocycles. The Labute approximate surface area is 131 Å². The van der Waals surface area contributed by atoms with E-state index in [4.69, 9.17) is 0 Å². The maximum absolute atomic E-state index is 12.6. The molecule has 3 nitrogen and oxygen atoms in total. The van der Waals surface area contributed by atoms with E-state index in [9.17, 15) is 4.79 Å². The van der Waals surface area contributed by atoms with Crippen molar-refractivity contribution >= 4 is 17.2 Å². The molecule has 2 fully saturated rings. The van der Waals surface area contributed by atoms with Gasteiger partial charge in [0.25, 0.3) is 0 Å². The summed E-state index contributed by atoms with van der Waals surface area (Å²) in [4.78, 5) is 17.3. The van der Waals surface area contributed by atoms with Crippen LogP contribution in [0.15, 0.2) is 12.1 Å². The molecule has 1 saturated heterocycles. The molecule has 1 saturated carbocycles. The van der Waals surface area contributed by atoms with Crippen LogP contribution in [0.3, 0.4) is 0 Å². The van der Waals surface area contributed by atoms with E-state index in [0.717, 1.165) is 6.54 Å². The van der Waals surface area contributed by atoms with Crippen molar-refractivity contribution < 1.29 is 4.79 Å². The number of aryl methyl sites for hydroxylation is 1. The molecular formula is C17H26N2OS. The summed E-state index contributed by atoms with van der Waals surface area (Å²) in [5.74, 6) is 0.262. The Morgan fingerprint density at radius 2 is 2.05 bits per heavy atom. The lowest BCUT2D eigenvalue weighted by molar-refractivity contribution is -0.131. The number of carbonyl (C=O) groups excluding carboxylic acids is 1. The van der Waals surface area contributed by atoms with Crippen molar-refractivity contribution in [3.05, 3.63) is 21.9 Å². The van der Waals surface area contributed by atoms with Crippen molar-refractivity contribution in [3.63, 3.8) is 0 Å². The first-order valence-corrected chi connectivity index (χ1v) is 8.93. The molecule has 3 rings (SSSR count). The summed E-state index contributed by atoms with van der Waals surface area (Å²) < 4.78 is 0. The second-order valence-corrected chi connectivity index (χ2v) is 8.40. The number of hydrogen-bond donors (Lipinski definition) is 1. The van der Waals surface area contributed by atoms with E-state index in [0.29, 0.717) is 5.41 Å². The van der Waals surface area contributed by atoms with E-state index in [1.807, 2.05) is 6.92 Å². The molecule has 0 bridgehead atoms. The molecule has 1 aliphatic carbocycles. The van der Waals surface area contributed by atoms with Crippen LogP contribution in [0.1, 0.15) is 61.9 Å². The monoisotopic (exact) mass is 306 g/mol. The van der Waals surface area contributed by atoms with E-state index in [2.05, 4.69) is 36.2 Å². The number of amides is 1. The van der Waals surface area contributed by atoms with Gasteiger partial charge in [-0.25, -0.2) is 0 Å². The number of carbonyl (C=O) groups is 1. The zero-order valence-electron chi connectivity index (χ0n) is 13.3. The molecule has 1 aromatic rings. The van der Waals surface area contributed by atoms with Crippen LogP contribution in [-0.4, -0.2) is 23.4 Å². The highest BCUT2D eigenvalue weighted by molar-refractivity contribution is 7.12. The maximum atomic E-state index is 12.6. The standard InChI is InChI=1S/C17H26N2OS/c1-12-7-8-14(21-12)15-18-13(2)16(20)19(15)11-17(3)9-5-4-6-10-17/h7-8,13,15,18H,4-6,9-11H2,1-3H3. The molecule has 1 N–H and O–H groups in total. The first-order valence-electron chi connectivity index (χ1n) is 8.11. The minimum absolute atomic E-state index is 0.0652. The first kappa shape index (κ1) is 15.0. The Morgan fingerprint density at radius 3 is 2.67 bits per heavy atom. The van der Waals surface area contributed by atoms with Gasteiger partial charge in [-0.05, 0) is 44.2 Å². The van der Waals surface area contributed by atoms with Crippen LogP contribution >= 0.6 is 11.3 Å². The Kier molecular flexibility index (Phi) is 4.10. The molecule has 1 amide bonds. The highest BCUT2D eigenvalue weighted by Crippen LogP contribution is 2.40. The van der Waals surface area contributed by atoms with Gasteiger partial charge in [0.15, 0.2) is 0 Å². The molecule has 21 heavy (non-hydrogen) atoms. The fourth-order valence-electron chi connectivity index (χ4n) is 3.75. The van der Waals surface area contributed by atoms with E-state index in [1.165, 1.54) is 41.9 Å². The minimum atomic E-state index is -0.0652. The third-order valence-corrected chi connectivity index (χ3v) is 6.07. The van der Waals surface area contributed by atoms with Crippen molar-refractivity contribution in [1.82, 2.24) is 10.2 Å². The Bertz CT molecular complexity index is 519. The summed E-state index contributed by atoms with van der Waals surface area (Å²) in [6.07, 6.45) is 6.55. The van der Waals surface area contributed by atoms with Crippen LogP contribution < -0.4 is 5.32 Å². The predicted molar refractivity (Wildman–Crippen MR) is 87.3 cm³/mol. The van der Waals surface area contributed by atoms with Gasteiger partial charge < -0.3 is 4.90 Å². The van der Waals surface area contributed by atoms with Crippen molar-refractivity contribution in [2.75, 3.05) is 6.54 Å². The molecule has 116 valence electrons. The number of nitrogens with zero attached hydrogens (tertiary/aromatic N) is 1. The molecule has 4 heteroatoms. The van der Waals surface area contributed by atoms with Gasteiger partial charge in [0, 0.05) is 16.3 Å². The van der Waals surface area contributed by atoms with Gasteiger partial charge in [0.05, 0.1) is 6.04 Å². The number of nitrogens with one attached hydrogen (secondary N) is 1. The summed E-state index contributed by atoms with van der Waals surface area (Å²) in [6, 6.07) is 4.25. The molecule has 1 aromatic heterocycles. The van der Waals surface area contributed by atoms with Gasteiger partial charge in [-0.2, -0.15) is 0 Å². The van der Waals surface area contributed by atoms with Crippen LogP contribution in [0.25, 0.3) is 0 Å². The summed E-state index contributed by atoms with van der Waals surface area (Å²) in [6.45, 7) is 7.37. The van der Waals surface area contributed by atoms with Crippen molar-refractivity contribution in [2.24, 2.45) is 5.41 Å².